The largest absolute Gasteiger partial charge is 0.366 e. The lowest BCUT2D eigenvalue weighted by atomic mass is 10.1. The molecular formula is C20H22ClN4S2+. The molecule has 1 atom stereocenters. The van der Waals surface area contributed by atoms with Crippen LogP contribution >= 0.6 is 34.7 Å². The third kappa shape index (κ3) is 4.14. The molecule has 3 aromatic rings. The number of halogens is 1. The molecule has 0 saturated carbocycles. The Balaban J connectivity index is 1.66. The number of hydrogen-bond acceptors (Lipinski definition) is 5. The minimum absolute atomic E-state index is 0.698. The molecule has 0 aliphatic carbocycles. The predicted molar refractivity (Wildman–Crippen MR) is 116 cm³/mol. The summed E-state index contributed by atoms with van der Waals surface area (Å²) in [6, 6.07) is 7.94. The number of anilines is 1. The van der Waals surface area contributed by atoms with E-state index in [4.69, 9.17) is 21.6 Å². The van der Waals surface area contributed by atoms with E-state index in [-0.39, 0.29) is 0 Å². The monoisotopic (exact) mass is 417 g/mol. The summed E-state index contributed by atoms with van der Waals surface area (Å²) in [7, 11) is 2.25. The topological polar surface area (TPSA) is 42.2 Å². The fourth-order valence-electron chi connectivity index (χ4n) is 3.28. The SMILES string of the molecule is C=CCNc1nc(SCc2ccc(Cl)cc2)nc2sc3c(c12)CC[NH+](C)C3. The second-order valence-electron chi connectivity index (χ2n) is 6.76. The van der Waals surface area contributed by atoms with Crippen LogP contribution in [0.5, 0.6) is 0 Å². The quantitative estimate of drug-likeness (QED) is 0.363. The Labute approximate surface area is 172 Å². The van der Waals surface area contributed by atoms with Crippen LogP contribution in [0.4, 0.5) is 5.82 Å². The third-order valence-electron chi connectivity index (χ3n) is 4.67. The Morgan fingerprint density at radius 3 is 2.93 bits per heavy atom. The van der Waals surface area contributed by atoms with E-state index in [0.717, 1.165) is 46.1 Å². The van der Waals surface area contributed by atoms with Gasteiger partial charge in [0.15, 0.2) is 5.16 Å². The molecule has 1 aromatic carbocycles. The number of nitrogens with one attached hydrogen (secondary N) is 2. The van der Waals surface area contributed by atoms with E-state index in [1.807, 2.05) is 41.7 Å². The maximum Gasteiger partial charge on any atom is 0.191 e. The number of fused-ring (bicyclic) bond motifs is 3. The number of benzene rings is 1. The number of thiophene rings is 1. The van der Waals surface area contributed by atoms with Crippen molar-refractivity contribution >= 4 is 50.7 Å². The number of likely N-dealkylation sites (N-methyl/N-ethyl adjacent to an activating group) is 1. The molecule has 0 radical (unpaired) electrons. The zero-order valence-electron chi connectivity index (χ0n) is 15.2. The van der Waals surface area contributed by atoms with Gasteiger partial charge in [-0.25, -0.2) is 9.97 Å². The lowest BCUT2D eigenvalue weighted by Crippen LogP contribution is -3.08. The predicted octanol–water partition coefficient (Wildman–Crippen LogP) is 3.81. The first-order valence-corrected chi connectivity index (χ1v) is 11.2. The van der Waals surface area contributed by atoms with Crippen LogP contribution in [0.3, 0.4) is 0 Å². The van der Waals surface area contributed by atoms with Gasteiger partial charge < -0.3 is 10.2 Å². The molecule has 1 aliphatic heterocycles. The van der Waals surface area contributed by atoms with Gasteiger partial charge in [-0.2, -0.15) is 0 Å². The highest BCUT2D eigenvalue weighted by atomic mass is 35.5. The van der Waals surface area contributed by atoms with Gasteiger partial charge in [0.05, 0.1) is 23.9 Å². The van der Waals surface area contributed by atoms with E-state index in [1.54, 1.807) is 16.7 Å². The van der Waals surface area contributed by atoms with Crippen LogP contribution in [0.1, 0.15) is 16.0 Å². The molecule has 0 fully saturated rings. The molecular weight excluding hydrogens is 396 g/mol. The Morgan fingerprint density at radius 2 is 2.15 bits per heavy atom. The summed E-state index contributed by atoms with van der Waals surface area (Å²) in [4.78, 5) is 13.8. The second kappa shape index (κ2) is 8.19. The lowest BCUT2D eigenvalue weighted by Gasteiger charge is -2.19. The Hall–Kier alpha value is -1.60. The van der Waals surface area contributed by atoms with E-state index in [0.29, 0.717) is 6.54 Å². The Bertz CT molecular complexity index is 968. The molecule has 0 saturated heterocycles. The minimum Gasteiger partial charge on any atom is -0.366 e. The summed E-state index contributed by atoms with van der Waals surface area (Å²) in [5.74, 6) is 1.76. The van der Waals surface area contributed by atoms with Gasteiger partial charge >= 0.3 is 0 Å². The zero-order chi connectivity index (χ0) is 18.8. The van der Waals surface area contributed by atoms with Gasteiger partial charge in [-0.1, -0.05) is 41.6 Å². The van der Waals surface area contributed by atoms with Crippen molar-refractivity contribution in [1.29, 1.82) is 0 Å². The number of aromatic nitrogens is 2. The number of thioether (sulfide) groups is 1. The number of quaternary nitrogens is 1. The standard InChI is InChI=1S/C20H21ClN4S2/c1-3-9-22-18-17-15-8-10-25(2)11-16(15)27-19(17)24-20(23-18)26-12-13-4-6-14(21)7-5-13/h3-7H,1,8-12H2,2H3,(H,22,23,24)/p+1. The Morgan fingerprint density at radius 1 is 1.33 bits per heavy atom. The first-order chi connectivity index (χ1) is 13.1. The smallest absolute Gasteiger partial charge is 0.191 e. The van der Waals surface area contributed by atoms with Gasteiger partial charge in [-0.05, 0) is 23.3 Å². The molecule has 1 aliphatic rings. The average molecular weight is 418 g/mol. The van der Waals surface area contributed by atoms with Crippen molar-refractivity contribution in [3.63, 3.8) is 0 Å². The molecule has 2 N–H and O–H groups in total. The molecule has 4 rings (SSSR count). The molecule has 2 aromatic heterocycles. The van der Waals surface area contributed by atoms with Crippen molar-refractivity contribution in [3.05, 3.63) is 57.9 Å². The third-order valence-corrected chi connectivity index (χ3v) is 6.97. The van der Waals surface area contributed by atoms with Crippen LogP contribution in [-0.2, 0) is 18.7 Å². The summed E-state index contributed by atoms with van der Waals surface area (Å²) in [5, 5.41) is 6.21. The molecule has 0 spiro atoms. The summed E-state index contributed by atoms with van der Waals surface area (Å²) >= 11 is 9.45. The molecule has 0 bridgehead atoms. The first-order valence-electron chi connectivity index (χ1n) is 8.99. The van der Waals surface area contributed by atoms with Gasteiger partial charge in [0.1, 0.15) is 17.2 Å². The van der Waals surface area contributed by atoms with Crippen LogP contribution < -0.4 is 10.2 Å². The van der Waals surface area contributed by atoms with Crippen molar-refractivity contribution in [2.45, 2.75) is 23.9 Å². The molecule has 1 unspecified atom stereocenters. The highest BCUT2D eigenvalue weighted by Gasteiger charge is 2.25. The summed E-state index contributed by atoms with van der Waals surface area (Å²) in [6.07, 6.45) is 2.95. The zero-order valence-corrected chi connectivity index (χ0v) is 17.6. The molecule has 0 amide bonds. The van der Waals surface area contributed by atoms with Crippen molar-refractivity contribution in [1.82, 2.24) is 9.97 Å². The van der Waals surface area contributed by atoms with Crippen molar-refractivity contribution in [2.75, 3.05) is 25.5 Å². The normalized spacial score (nSPS) is 16.3. The van der Waals surface area contributed by atoms with Crippen LogP contribution in [0.2, 0.25) is 5.02 Å². The molecule has 140 valence electrons. The van der Waals surface area contributed by atoms with E-state index >= 15 is 0 Å². The van der Waals surface area contributed by atoms with Gasteiger partial charge in [-0.3, -0.25) is 0 Å². The van der Waals surface area contributed by atoms with E-state index < -0.39 is 0 Å². The van der Waals surface area contributed by atoms with E-state index in [2.05, 4.69) is 18.9 Å². The fraction of sp³-hybridized carbons (Fsp3) is 0.300. The average Bonchev–Trinajstić information content (AvgIpc) is 3.03. The van der Waals surface area contributed by atoms with Gasteiger partial charge in [0.25, 0.3) is 0 Å². The molecule has 3 heterocycles. The Kier molecular flexibility index (Phi) is 5.68. The van der Waals surface area contributed by atoms with Gasteiger partial charge in [-0.15, -0.1) is 17.9 Å². The second-order valence-corrected chi connectivity index (χ2v) is 9.22. The summed E-state index contributed by atoms with van der Waals surface area (Å²) < 4.78 is 0. The fourth-order valence-corrected chi connectivity index (χ4v) is 5.60. The number of hydrogen-bond donors (Lipinski definition) is 2. The van der Waals surface area contributed by atoms with Crippen molar-refractivity contribution in [3.8, 4) is 0 Å². The van der Waals surface area contributed by atoms with Crippen LogP contribution in [0.15, 0.2) is 42.1 Å². The van der Waals surface area contributed by atoms with Gasteiger partial charge in [0, 0.05) is 23.7 Å². The number of nitrogens with zero attached hydrogens (tertiary/aromatic N) is 2. The van der Waals surface area contributed by atoms with Crippen molar-refractivity contribution < 1.29 is 4.90 Å². The van der Waals surface area contributed by atoms with E-state index in [1.165, 1.54) is 21.4 Å². The summed E-state index contributed by atoms with van der Waals surface area (Å²) in [5.41, 5.74) is 2.64. The molecule has 4 nitrogen and oxygen atoms in total. The van der Waals surface area contributed by atoms with E-state index in [9.17, 15) is 0 Å². The van der Waals surface area contributed by atoms with Gasteiger partial charge in [0.2, 0.25) is 0 Å². The first kappa shape index (κ1) is 18.7. The highest BCUT2D eigenvalue weighted by molar-refractivity contribution is 7.98. The van der Waals surface area contributed by atoms with Crippen LogP contribution in [0, 0.1) is 0 Å². The maximum atomic E-state index is 5.98. The highest BCUT2D eigenvalue weighted by Crippen LogP contribution is 2.37. The lowest BCUT2D eigenvalue weighted by molar-refractivity contribution is -0.895. The molecule has 27 heavy (non-hydrogen) atoms. The van der Waals surface area contributed by atoms with Crippen LogP contribution in [-0.4, -0.2) is 30.1 Å². The summed E-state index contributed by atoms with van der Waals surface area (Å²) in [6.45, 7) is 6.75. The number of rotatable bonds is 6. The maximum absolute atomic E-state index is 5.98. The van der Waals surface area contributed by atoms with Crippen LogP contribution in [0.25, 0.3) is 10.2 Å². The minimum atomic E-state index is 0.698. The van der Waals surface area contributed by atoms with Crippen molar-refractivity contribution in [2.24, 2.45) is 0 Å². The molecule has 7 heteroatoms.